The Morgan fingerprint density at radius 1 is 1.39 bits per heavy atom. The summed E-state index contributed by atoms with van der Waals surface area (Å²) < 4.78 is 0. The van der Waals surface area contributed by atoms with Gasteiger partial charge in [0.15, 0.2) is 0 Å². The first-order valence-corrected chi connectivity index (χ1v) is 5.51. The number of carbonyl (C=O) groups excluding carboxylic acids is 3. The fourth-order valence-corrected chi connectivity index (χ4v) is 1.36. The Balaban J connectivity index is 2.64. The largest absolute Gasteiger partial charge is 0.368 e. The molecule has 1 aromatic heterocycles. The van der Waals surface area contributed by atoms with Crippen LogP contribution in [-0.2, 0) is 9.59 Å². The summed E-state index contributed by atoms with van der Waals surface area (Å²) in [5.41, 5.74) is 5.36. The molecule has 6 heteroatoms. The van der Waals surface area contributed by atoms with Gasteiger partial charge < -0.3 is 15.8 Å². The van der Waals surface area contributed by atoms with Crippen LogP contribution in [0.15, 0.2) is 24.4 Å². The van der Waals surface area contributed by atoms with Gasteiger partial charge in [0.2, 0.25) is 5.91 Å². The first-order valence-electron chi connectivity index (χ1n) is 5.51. The summed E-state index contributed by atoms with van der Waals surface area (Å²) in [5.74, 6) is -1.21. The summed E-state index contributed by atoms with van der Waals surface area (Å²) in [6, 6.07) is 4.01. The molecule has 0 bridgehead atoms. The van der Waals surface area contributed by atoms with Gasteiger partial charge in [-0.2, -0.15) is 0 Å². The van der Waals surface area contributed by atoms with E-state index < -0.39 is 17.9 Å². The molecule has 0 unspecified atom stereocenters. The number of ketones is 1. The highest BCUT2D eigenvalue weighted by Crippen LogP contribution is 2.00. The van der Waals surface area contributed by atoms with E-state index in [1.165, 1.54) is 19.2 Å². The number of nitrogens with one attached hydrogen (secondary N) is 1. The van der Waals surface area contributed by atoms with E-state index in [1.54, 1.807) is 12.1 Å². The molecule has 0 aliphatic heterocycles. The van der Waals surface area contributed by atoms with Crippen LogP contribution < -0.4 is 11.1 Å². The number of rotatable bonds is 6. The summed E-state index contributed by atoms with van der Waals surface area (Å²) in [4.78, 5) is 37.6. The topological polar surface area (TPSA) is 102 Å². The van der Waals surface area contributed by atoms with Crippen molar-refractivity contribution in [2.24, 2.45) is 5.73 Å². The van der Waals surface area contributed by atoms with Gasteiger partial charge in [-0.15, -0.1) is 0 Å². The van der Waals surface area contributed by atoms with Crippen molar-refractivity contribution < 1.29 is 14.4 Å². The van der Waals surface area contributed by atoms with Gasteiger partial charge in [0, 0.05) is 12.6 Å². The monoisotopic (exact) mass is 249 g/mol. The third-order valence-corrected chi connectivity index (χ3v) is 2.33. The second-order valence-corrected chi connectivity index (χ2v) is 3.88. The number of carbonyl (C=O) groups is 3. The van der Waals surface area contributed by atoms with Crippen molar-refractivity contribution in [2.75, 3.05) is 0 Å². The maximum absolute atomic E-state index is 11.7. The average molecular weight is 249 g/mol. The predicted octanol–water partition coefficient (Wildman–Crippen LogP) is 0.0345. The van der Waals surface area contributed by atoms with Gasteiger partial charge in [-0.3, -0.25) is 14.6 Å². The molecule has 0 saturated heterocycles. The zero-order valence-corrected chi connectivity index (χ0v) is 10.1. The van der Waals surface area contributed by atoms with Gasteiger partial charge in [0.25, 0.3) is 5.91 Å². The number of amides is 2. The molecular weight excluding hydrogens is 234 g/mol. The van der Waals surface area contributed by atoms with Crippen molar-refractivity contribution in [3.8, 4) is 0 Å². The van der Waals surface area contributed by atoms with E-state index in [0.29, 0.717) is 0 Å². The summed E-state index contributed by atoms with van der Waals surface area (Å²) in [6.45, 7) is 1.42. The van der Waals surface area contributed by atoms with E-state index in [2.05, 4.69) is 10.3 Å². The molecule has 0 aliphatic carbocycles. The summed E-state index contributed by atoms with van der Waals surface area (Å²) >= 11 is 0. The number of Topliss-reactive ketones (excluding diaryl/α,β-unsaturated/α-hetero) is 1. The summed E-state index contributed by atoms with van der Waals surface area (Å²) in [5, 5.41) is 2.46. The van der Waals surface area contributed by atoms with Gasteiger partial charge in [0.05, 0.1) is 0 Å². The molecule has 18 heavy (non-hydrogen) atoms. The molecule has 1 heterocycles. The molecular formula is C12H15N3O3. The van der Waals surface area contributed by atoms with E-state index in [1.807, 2.05) is 0 Å². The molecule has 0 aromatic carbocycles. The Bertz CT molecular complexity index is 445. The first kappa shape index (κ1) is 13.8. The second kappa shape index (κ2) is 6.48. The smallest absolute Gasteiger partial charge is 0.270 e. The molecule has 0 fully saturated rings. The van der Waals surface area contributed by atoms with E-state index in [9.17, 15) is 14.4 Å². The highest BCUT2D eigenvalue weighted by molar-refractivity contribution is 5.95. The Hall–Kier alpha value is -2.24. The minimum atomic E-state index is -0.858. The minimum Gasteiger partial charge on any atom is -0.368 e. The van der Waals surface area contributed by atoms with Crippen LogP contribution in [0.1, 0.15) is 30.3 Å². The first-order chi connectivity index (χ1) is 8.50. The quantitative estimate of drug-likeness (QED) is 0.742. The van der Waals surface area contributed by atoms with Gasteiger partial charge in [-0.25, -0.2) is 0 Å². The van der Waals surface area contributed by atoms with Crippen molar-refractivity contribution >= 4 is 17.6 Å². The molecule has 3 N–H and O–H groups in total. The molecule has 6 nitrogen and oxygen atoms in total. The lowest BCUT2D eigenvalue weighted by molar-refractivity contribution is -0.120. The SMILES string of the molecule is CC(=O)CC[C@@H](NC(=O)c1ccccn1)C(N)=O. The Kier molecular flexibility index (Phi) is 4.98. The van der Waals surface area contributed by atoms with Crippen LogP contribution in [0.4, 0.5) is 0 Å². The lowest BCUT2D eigenvalue weighted by Crippen LogP contribution is -2.44. The Labute approximate surface area is 105 Å². The van der Waals surface area contributed by atoms with Gasteiger partial charge >= 0.3 is 0 Å². The van der Waals surface area contributed by atoms with E-state index in [4.69, 9.17) is 5.73 Å². The molecule has 0 aliphatic rings. The number of aromatic nitrogens is 1. The maximum Gasteiger partial charge on any atom is 0.270 e. The molecule has 1 rings (SSSR count). The van der Waals surface area contributed by atoms with Crippen LogP contribution in [0.3, 0.4) is 0 Å². The summed E-state index contributed by atoms with van der Waals surface area (Å²) in [6.07, 6.45) is 1.86. The van der Waals surface area contributed by atoms with Crippen molar-refractivity contribution in [1.82, 2.24) is 10.3 Å². The van der Waals surface area contributed by atoms with Crippen LogP contribution in [-0.4, -0.2) is 28.6 Å². The normalized spacial score (nSPS) is 11.6. The van der Waals surface area contributed by atoms with Crippen molar-refractivity contribution in [3.05, 3.63) is 30.1 Å². The zero-order chi connectivity index (χ0) is 13.5. The Morgan fingerprint density at radius 3 is 2.61 bits per heavy atom. The number of nitrogens with two attached hydrogens (primary N) is 1. The number of hydrogen-bond donors (Lipinski definition) is 2. The summed E-state index contributed by atoms with van der Waals surface area (Å²) in [7, 11) is 0. The number of pyridine rings is 1. The van der Waals surface area contributed by atoms with Crippen LogP contribution in [0.2, 0.25) is 0 Å². The molecule has 1 atom stereocenters. The maximum atomic E-state index is 11.7. The highest BCUT2D eigenvalue weighted by Gasteiger charge is 2.19. The highest BCUT2D eigenvalue weighted by atomic mass is 16.2. The number of nitrogens with zero attached hydrogens (tertiary/aromatic N) is 1. The van der Waals surface area contributed by atoms with Crippen LogP contribution in [0.25, 0.3) is 0 Å². The minimum absolute atomic E-state index is 0.0617. The van der Waals surface area contributed by atoms with Gasteiger partial charge in [0.1, 0.15) is 17.5 Å². The molecule has 0 saturated carbocycles. The lowest BCUT2D eigenvalue weighted by atomic mass is 10.1. The third kappa shape index (κ3) is 4.32. The van der Waals surface area contributed by atoms with Crippen molar-refractivity contribution in [1.29, 1.82) is 0 Å². The number of primary amides is 1. The Morgan fingerprint density at radius 2 is 2.11 bits per heavy atom. The molecule has 96 valence electrons. The standard InChI is InChI=1S/C12H15N3O3/c1-8(16)5-6-9(11(13)17)15-12(18)10-4-2-3-7-14-10/h2-4,7,9H,5-6H2,1H3,(H2,13,17)(H,15,18)/t9-/m1/s1. The predicted molar refractivity (Wildman–Crippen MR) is 64.6 cm³/mol. The van der Waals surface area contributed by atoms with Gasteiger partial charge in [-0.1, -0.05) is 6.07 Å². The van der Waals surface area contributed by atoms with Gasteiger partial charge in [-0.05, 0) is 25.5 Å². The van der Waals surface area contributed by atoms with Crippen LogP contribution in [0, 0.1) is 0 Å². The molecule has 0 radical (unpaired) electrons. The van der Waals surface area contributed by atoms with E-state index >= 15 is 0 Å². The lowest BCUT2D eigenvalue weighted by Gasteiger charge is -2.14. The molecule has 1 aromatic rings. The zero-order valence-electron chi connectivity index (χ0n) is 10.1. The van der Waals surface area contributed by atoms with Crippen molar-refractivity contribution in [2.45, 2.75) is 25.8 Å². The third-order valence-electron chi connectivity index (χ3n) is 2.33. The van der Waals surface area contributed by atoms with E-state index in [-0.39, 0.29) is 24.3 Å². The number of hydrogen-bond acceptors (Lipinski definition) is 4. The van der Waals surface area contributed by atoms with E-state index in [0.717, 1.165) is 0 Å². The average Bonchev–Trinajstić information content (AvgIpc) is 2.34. The second-order valence-electron chi connectivity index (χ2n) is 3.88. The van der Waals surface area contributed by atoms with Crippen LogP contribution >= 0.6 is 0 Å². The molecule has 2 amide bonds. The fourth-order valence-electron chi connectivity index (χ4n) is 1.36. The molecule has 0 spiro atoms. The van der Waals surface area contributed by atoms with Crippen LogP contribution in [0.5, 0.6) is 0 Å². The fraction of sp³-hybridized carbons (Fsp3) is 0.333. The van der Waals surface area contributed by atoms with Crippen molar-refractivity contribution in [3.63, 3.8) is 0 Å².